The maximum absolute atomic E-state index is 12.4. The third kappa shape index (κ3) is 4.01. The topological polar surface area (TPSA) is 52.7 Å². The number of rotatable bonds is 4. The molecule has 0 aromatic rings. The van der Waals surface area contributed by atoms with Crippen molar-refractivity contribution in [2.45, 2.75) is 50.4 Å². The van der Waals surface area contributed by atoms with E-state index in [9.17, 15) is 22.8 Å². The van der Waals surface area contributed by atoms with Crippen LogP contribution in [-0.4, -0.2) is 60.1 Å². The second-order valence-corrected chi connectivity index (χ2v) is 5.69. The van der Waals surface area contributed by atoms with E-state index in [1.807, 2.05) is 0 Å². The highest BCUT2D eigenvalue weighted by atomic mass is 19.4. The van der Waals surface area contributed by atoms with E-state index >= 15 is 0 Å². The number of carbonyl (C=O) groups excluding carboxylic acids is 2. The van der Waals surface area contributed by atoms with Gasteiger partial charge in [-0.2, -0.15) is 13.2 Å². The summed E-state index contributed by atoms with van der Waals surface area (Å²) in [6.07, 6.45) is -2.43. The molecule has 0 bridgehead atoms. The van der Waals surface area contributed by atoms with Crippen LogP contribution in [-0.2, 0) is 4.79 Å². The standard InChI is InChI=1S/C13H20F3N3O2/c1-18-7-5-10(11(18)20)17-12(21)19(9-3-2-4-9)8-6-13(14,15)16/h9-10H,2-8H2,1H3,(H,17,21)/t10-/m1/s1. The monoisotopic (exact) mass is 307 g/mol. The molecule has 0 spiro atoms. The van der Waals surface area contributed by atoms with Crippen molar-refractivity contribution in [3.8, 4) is 0 Å². The minimum absolute atomic E-state index is 0.137. The van der Waals surface area contributed by atoms with E-state index in [-0.39, 0.29) is 18.5 Å². The minimum Gasteiger partial charge on any atom is -0.344 e. The van der Waals surface area contributed by atoms with Crippen LogP contribution < -0.4 is 5.32 Å². The molecule has 2 fully saturated rings. The van der Waals surface area contributed by atoms with Gasteiger partial charge in [0.05, 0.1) is 6.42 Å². The third-order valence-electron chi connectivity index (χ3n) is 4.14. The van der Waals surface area contributed by atoms with Gasteiger partial charge >= 0.3 is 12.2 Å². The van der Waals surface area contributed by atoms with Crippen molar-refractivity contribution >= 4 is 11.9 Å². The summed E-state index contributed by atoms with van der Waals surface area (Å²) in [4.78, 5) is 26.7. The molecule has 21 heavy (non-hydrogen) atoms. The fourth-order valence-corrected chi connectivity index (χ4v) is 2.58. The summed E-state index contributed by atoms with van der Waals surface area (Å²) in [5, 5.41) is 2.57. The van der Waals surface area contributed by atoms with Crippen LogP contribution >= 0.6 is 0 Å². The van der Waals surface area contributed by atoms with Gasteiger partial charge in [-0.3, -0.25) is 4.79 Å². The minimum atomic E-state index is -4.29. The highest BCUT2D eigenvalue weighted by Gasteiger charge is 2.36. The van der Waals surface area contributed by atoms with Gasteiger partial charge in [0.15, 0.2) is 0 Å². The lowest BCUT2D eigenvalue weighted by Crippen LogP contribution is -2.53. The Bertz CT molecular complexity index is 410. The van der Waals surface area contributed by atoms with E-state index < -0.39 is 24.7 Å². The molecule has 1 saturated heterocycles. The molecule has 1 aliphatic heterocycles. The number of carbonyl (C=O) groups is 2. The molecule has 1 saturated carbocycles. The third-order valence-corrected chi connectivity index (χ3v) is 4.14. The number of urea groups is 1. The van der Waals surface area contributed by atoms with Crippen LogP contribution in [0.3, 0.4) is 0 Å². The van der Waals surface area contributed by atoms with Crippen LogP contribution in [0.5, 0.6) is 0 Å². The summed E-state index contributed by atoms with van der Waals surface area (Å²) >= 11 is 0. The van der Waals surface area contributed by atoms with Crippen LogP contribution in [0.25, 0.3) is 0 Å². The first-order valence-electron chi connectivity index (χ1n) is 7.17. The van der Waals surface area contributed by atoms with Gasteiger partial charge in [-0.1, -0.05) is 0 Å². The number of amides is 3. The van der Waals surface area contributed by atoms with E-state index in [2.05, 4.69) is 5.32 Å². The number of likely N-dealkylation sites (N-methyl/N-ethyl adjacent to an activating group) is 1. The van der Waals surface area contributed by atoms with Gasteiger partial charge < -0.3 is 15.1 Å². The highest BCUT2D eigenvalue weighted by molar-refractivity contribution is 5.88. The van der Waals surface area contributed by atoms with Gasteiger partial charge in [0.25, 0.3) is 0 Å². The van der Waals surface area contributed by atoms with Gasteiger partial charge in [-0.05, 0) is 25.7 Å². The summed E-state index contributed by atoms with van der Waals surface area (Å²) in [5.74, 6) is -0.187. The first-order valence-corrected chi connectivity index (χ1v) is 7.17. The second-order valence-electron chi connectivity index (χ2n) is 5.69. The van der Waals surface area contributed by atoms with Crippen LogP contribution in [0, 0.1) is 0 Å². The summed E-state index contributed by atoms with van der Waals surface area (Å²) < 4.78 is 37.1. The molecule has 0 aromatic carbocycles. The number of hydrogen-bond acceptors (Lipinski definition) is 2. The predicted octanol–water partition coefficient (Wildman–Crippen LogP) is 1.73. The average Bonchev–Trinajstić information content (AvgIpc) is 2.62. The quantitative estimate of drug-likeness (QED) is 0.860. The second kappa shape index (κ2) is 6.11. The van der Waals surface area contributed by atoms with E-state index in [0.717, 1.165) is 19.3 Å². The SMILES string of the molecule is CN1CC[C@@H](NC(=O)N(CCC(F)(F)F)C2CCC2)C1=O. The lowest BCUT2D eigenvalue weighted by Gasteiger charge is -2.38. The van der Waals surface area contributed by atoms with E-state index in [4.69, 9.17) is 0 Å². The number of halogens is 3. The van der Waals surface area contributed by atoms with Crippen molar-refractivity contribution in [2.75, 3.05) is 20.1 Å². The number of likely N-dealkylation sites (tertiary alicyclic amines) is 1. The molecule has 2 aliphatic rings. The van der Waals surface area contributed by atoms with E-state index in [0.29, 0.717) is 13.0 Å². The van der Waals surface area contributed by atoms with Gasteiger partial charge in [0, 0.05) is 26.2 Å². The Morgan fingerprint density at radius 1 is 1.38 bits per heavy atom. The smallest absolute Gasteiger partial charge is 0.344 e. The lowest BCUT2D eigenvalue weighted by atomic mass is 9.91. The largest absolute Gasteiger partial charge is 0.390 e. The zero-order valence-corrected chi connectivity index (χ0v) is 11.9. The molecule has 1 atom stereocenters. The van der Waals surface area contributed by atoms with Crippen LogP contribution in [0.15, 0.2) is 0 Å². The molecule has 5 nitrogen and oxygen atoms in total. The molecular formula is C13H20F3N3O2. The van der Waals surface area contributed by atoms with Crippen LogP contribution in [0.1, 0.15) is 32.1 Å². The molecule has 2 rings (SSSR count). The molecule has 0 unspecified atom stereocenters. The normalized spacial score (nSPS) is 23.1. The summed E-state index contributed by atoms with van der Waals surface area (Å²) in [6, 6.07) is -1.31. The van der Waals surface area contributed by atoms with Gasteiger partial charge in [-0.25, -0.2) is 4.79 Å². The van der Waals surface area contributed by atoms with Gasteiger partial charge in [0.1, 0.15) is 6.04 Å². The Morgan fingerprint density at radius 2 is 2.05 bits per heavy atom. The Kier molecular flexibility index (Phi) is 4.63. The lowest BCUT2D eigenvalue weighted by molar-refractivity contribution is -0.138. The van der Waals surface area contributed by atoms with Crippen LogP contribution in [0.2, 0.25) is 0 Å². The fourth-order valence-electron chi connectivity index (χ4n) is 2.58. The maximum atomic E-state index is 12.4. The summed E-state index contributed by atoms with van der Waals surface area (Å²) in [7, 11) is 1.64. The summed E-state index contributed by atoms with van der Waals surface area (Å²) in [5.41, 5.74) is 0. The van der Waals surface area contributed by atoms with Crippen molar-refractivity contribution in [3.63, 3.8) is 0 Å². The van der Waals surface area contributed by atoms with Crippen molar-refractivity contribution in [1.82, 2.24) is 15.1 Å². The zero-order chi connectivity index (χ0) is 15.6. The average molecular weight is 307 g/mol. The fraction of sp³-hybridized carbons (Fsp3) is 0.846. The van der Waals surface area contributed by atoms with Crippen molar-refractivity contribution in [2.24, 2.45) is 0 Å². The van der Waals surface area contributed by atoms with Crippen molar-refractivity contribution < 1.29 is 22.8 Å². The zero-order valence-electron chi connectivity index (χ0n) is 11.9. The van der Waals surface area contributed by atoms with Gasteiger partial charge in [-0.15, -0.1) is 0 Å². The van der Waals surface area contributed by atoms with E-state index in [1.54, 1.807) is 7.05 Å². The number of hydrogen-bond donors (Lipinski definition) is 1. The number of nitrogens with zero attached hydrogens (tertiary/aromatic N) is 2. The van der Waals surface area contributed by atoms with Gasteiger partial charge in [0.2, 0.25) is 5.91 Å². The predicted molar refractivity (Wildman–Crippen MR) is 69.6 cm³/mol. The molecule has 3 amide bonds. The van der Waals surface area contributed by atoms with Crippen molar-refractivity contribution in [1.29, 1.82) is 0 Å². The molecule has 0 radical (unpaired) electrons. The molecule has 0 aromatic heterocycles. The first-order chi connectivity index (χ1) is 9.78. The number of nitrogens with one attached hydrogen (secondary N) is 1. The first kappa shape index (κ1) is 15.9. The Labute approximate surface area is 121 Å². The molecule has 8 heteroatoms. The maximum Gasteiger partial charge on any atom is 0.390 e. The highest BCUT2D eigenvalue weighted by Crippen LogP contribution is 2.27. The Balaban J connectivity index is 1.93. The molecule has 1 N–H and O–H groups in total. The number of alkyl halides is 3. The molecule has 1 heterocycles. The van der Waals surface area contributed by atoms with E-state index in [1.165, 1.54) is 9.80 Å². The molecular weight excluding hydrogens is 287 g/mol. The summed E-state index contributed by atoms with van der Waals surface area (Å²) in [6.45, 7) is 0.201. The van der Waals surface area contributed by atoms with Crippen LogP contribution in [0.4, 0.5) is 18.0 Å². The van der Waals surface area contributed by atoms with Crippen molar-refractivity contribution in [3.05, 3.63) is 0 Å². The molecule has 1 aliphatic carbocycles. The molecule has 120 valence electrons. The Morgan fingerprint density at radius 3 is 2.48 bits per heavy atom. The Hall–Kier alpha value is -1.47.